The Morgan fingerprint density at radius 1 is 1.42 bits per heavy atom. The highest BCUT2D eigenvalue weighted by molar-refractivity contribution is 6.32. The molecule has 6 nitrogen and oxygen atoms in total. The molecule has 0 saturated carbocycles. The number of ether oxygens (including phenoxy) is 2. The lowest BCUT2D eigenvalue weighted by Gasteiger charge is -2.22. The van der Waals surface area contributed by atoms with Gasteiger partial charge in [-0.25, -0.2) is 4.79 Å². The van der Waals surface area contributed by atoms with Crippen LogP contribution in [0.2, 0.25) is 5.02 Å². The number of nitrogens with zero attached hydrogens (tertiary/aromatic N) is 1. The van der Waals surface area contributed by atoms with Crippen molar-refractivity contribution >= 4 is 23.5 Å². The van der Waals surface area contributed by atoms with Crippen molar-refractivity contribution in [1.29, 1.82) is 0 Å². The Hall–Kier alpha value is -1.95. The number of halogens is 1. The number of hydrogen-bond acceptors (Lipinski definition) is 4. The number of rotatable bonds is 6. The van der Waals surface area contributed by atoms with Gasteiger partial charge in [-0.3, -0.25) is 4.79 Å². The third-order valence-electron chi connectivity index (χ3n) is 3.84. The SMILES string of the molecule is COc1cc(C(=O)N2CCCC2C(=O)O)cc(Cl)c1OCC(C)C. The van der Waals surface area contributed by atoms with Gasteiger partial charge < -0.3 is 19.5 Å². The summed E-state index contributed by atoms with van der Waals surface area (Å²) in [4.78, 5) is 25.3. The highest BCUT2D eigenvalue weighted by Crippen LogP contribution is 2.37. The molecule has 0 aliphatic carbocycles. The summed E-state index contributed by atoms with van der Waals surface area (Å²) < 4.78 is 11.0. The molecule has 1 N–H and O–H groups in total. The van der Waals surface area contributed by atoms with E-state index in [-0.39, 0.29) is 10.9 Å². The minimum atomic E-state index is -0.990. The van der Waals surface area contributed by atoms with Crippen molar-refractivity contribution in [2.75, 3.05) is 20.3 Å². The monoisotopic (exact) mass is 355 g/mol. The zero-order chi connectivity index (χ0) is 17.9. The number of amides is 1. The van der Waals surface area contributed by atoms with Crippen molar-refractivity contribution in [1.82, 2.24) is 4.90 Å². The first kappa shape index (κ1) is 18.4. The van der Waals surface area contributed by atoms with Crippen molar-refractivity contribution in [2.24, 2.45) is 5.92 Å². The van der Waals surface area contributed by atoms with Crippen LogP contribution in [0.3, 0.4) is 0 Å². The Morgan fingerprint density at radius 2 is 2.12 bits per heavy atom. The molecule has 1 aromatic rings. The normalized spacial score (nSPS) is 17.2. The van der Waals surface area contributed by atoms with Gasteiger partial charge in [-0.15, -0.1) is 0 Å². The summed E-state index contributed by atoms with van der Waals surface area (Å²) in [5.41, 5.74) is 0.293. The minimum Gasteiger partial charge on any atom is -0.493 e. The van der Waals surface area contributed by atoms with E-state index in [1.807, 2.05) is 13.8 Å². The van der Waals surface area contributed by atoms with Gasteiger partial charge in [0.25, 0.3) is 5.91 Å². The Kier molecular flexibility index (Phi) is 5.94. The van der Waals surface area contributed by atoms with Gasteiger partial charge in [0.05, 0.1) is 18.7 Å². The summed E-state index contributed by atoms with van der Waals surface area (Å²) >= 11 is 6.25. The number of methoxy groups -OCH3 is 1. The molecule has 0 spiro atoms. The standard InChI is InChI=1S/C17H22ClNO5/c1-10(2)9-24-15-12(18)7-11(8-14(15)23-3)16(20)19-6-4-5-13(19)17(21)22/h7-8,10,13H,4-6,9H2,1-3H3,(H,21,22). The van der Waals surface area contributed by atoms with Crippen LogP contribution >= 0.6 is 11.6 Å². The Bertz CT molecular complexity index is 632. The maximum Gasteiger partial charge on any atom is 0.326 e. The fourth-order valence-electron chi connectivity index (χ4n) is 2.67. The van der Waals surface area contributed by atoms with Gasteiger partial charge in [-0.1, -0.05) is 25.4 Å². The minimum absolute atomic E-state index is 0.268. The van der Waals surface area contributed by atoms with Crippen LogP contribution in [0, 0.1) is 5.92 Å². The summed E-state index contributed by atoms with van der Waals surface area (Å²) in [5, 5.41) is 9.50. The molecular weight excluding hydrogens is 334 g/mol. The fraction of sp³-hybridized carbons (Fsp3) is 0.529. The number of carboxylic acid groups (broad SMARTS) is 1. The summed E-state index contributed by atoms with van der Waals surface area (Å²) in [6, 6.07) is 2.25. The smallest absolute Gasteiger partial charge is 0.326 e. The number of carboxylic acids is 1. The van der Waals surface area contributed by atoms with Crippen molar-refractivity contribution in [3.8, 4) is 11.5 Å². The van der Waals surface area contributed by atoms with Crippen LogP contribution in [0.25, 0.3) is 0 Å². The molecule has 1 amide bonds. The summed E-state index contributed by atoms with van der Waals surface area (Å²) in [7, 11) is 1.47. The van der Waals surface area contributed by atoms with Crippen LogP contribution < -0.4 is 9.47 Å². The van der Waals surface area contributed by atoms with Crippen LogP contribution in [0.1, 0.15) is 37.0 Å². The van der Waals surface area contributed by atoms with E-state index in [9.17, 15) is 14.7 Å². The van der Waals surface area contributed by atoms with Crippen molar-refractivity contribution in [3.05, 3.63) is 22.7 Å². The van der Waals surface area contributed by atoms with Crippen molar-refractivity contribution in [2.45, 2.75) is 32.7 Å². The highest BCUT2D eigenvalue weighted by Gasteiger charge is 2.35. The van der Waals surface area contributed by atoms with E-state index in [0.717, 1.165) is 0 Å². The quantitative estimate of drug-likeness (QED) is 0.848. The molecule has 1 unspecified atom stereocenters. The topological polar surface area (TPSA) is 76.1 Å². The molecule has 1 fully saturated rings. The Morgan fingerprint density at radius 3 is 2.71 bits per heavy atom. The first-order valence-electron chi connectivity index (χ1n) is 7.89. The number of benzene rings is 1. The number of carbonyl (C=O) groups is 2. The lowest BCUT2D eigenvalue weighted by atomic mass is 10.1. The molecule has 7 heteroatoms. The molecular formula is C17H22ClNO5. The van der Waals surface area contributed by atoms with Gasteiger partial charge in [0.15, 0.2) is 11.5 Å². The van der Waals surface area contributed by atoms with E-state index in [4.69, 9.17) is 21.1 Å². The third-order valence-corrected chi connectivity index (χ3v) is 4.12. The van der Waals surface area contributed by atoms with E-state index >= 15 is 0 Å². The van der Waals surface area contributed by atoms with Crippen LogP contribution in [-0.2, 0) is 4.79 Å². The summed E-state index contributed by atoms with van der Waals surface area (Å²) in [5.74, 6) is -0.294. The molecule has 24 heavy (non-hydrogen) atoms. The molecule has 0 radical (unpaired) electrons. The fourth-order valence-corrected chi connectivity index (χ4v) is 2.93. The number of hydrogen-bond donors (Lipinski definition) is 1. The lowest BCUT2D eigenvalue weighted by molar-refractivity contribution is -0.141. The molecule has 1 saturated heterocycles. The number of aliphatic carboxylic acids is 1. The van der Waals surface area contributed by atoms with Gasteiger partial charge in [0.2, 0.25) is 0 Å². The van der Waals surface area contributed by atoms with E-state index in [0.29, 0.717) is 49.0 Å². The third kappa shape index (κ3) is 3.93. The van der Waals surface area contributed by atoms with Gasteiger partial charge in [-0.05, 0) is 30.9 Å². The molecule has 1 aliphatic heterocycles. The van der Waals surface area contributed by atoms with Crippen molar-refractivity contribution < 1.29 is 24.2 Å². The zero-order valence-electron chi connectivity index (χ0n) is 14.0. The van der Waals surface area contributed by atoms with E-state index in [2.05, 4.69) is 0 Å². The molecule has 0 bridgehead atoms. The maximum atomic E-state index is 12.7. The zero-order valence-corrected chi connectivity index (χ0v) is 14.8. The molecule has 1 atom stereocenters. The average Bonchev–Trinajstić information content (AvgIpc) is 3.01. The first-order chi connectivity index (χ1) is 11.3. The molecule has 2 rings (SSSR count). The van der Waals surface area contributed by atoms with Crippen LogP contribution in [0.15, 0.2) is 12.1 Å². The second-order valence-electron chi connectivity index (χ2n) is 6.19. The van der Waals surface area contributed by atoms with Crippen LogP contribution in [-0.4, -0.2) is 48.2 Å². The van der Waals surface area contributed by atoms with E-state index in [1.54, 1.807) is 6.07 Å². The second-order valence-corrected chi connectivity index (χ2v) is 6.60. The second kappa shape index (κ2) is 7.75. The predicted molar refractivity (Wildman–Crippen MR) is 90.0 cm³/mol. The van der Waals surface area contributed by atoms with Crippen LogP contribution in [0.4, 0.5) is 0 Å². The molecule has 132 valence electrons. The predicted octanol–water partition coefficient (Wildman–Crippen LogP) is 3.07. The maximum absolute atomic E-state index is 12.7. The van der Waals surface area contributed by atoms with Gasteiger partial charge >= 0.3 is 5.97 Å². The number of carbonyl (C=O) groups excluding carboxylic acids is 1. The summed E-state index contributed by atoms with van der Waals surface area (Å²) in [6.07, 6.45) is 1.13. The lowest BCUT2D eigenvalue weighted by Crippen LogP contribution is -2.40. The Labute approximate surface area is 146 Å². The van der Waals surface area contributed by atoms with E-state index in [1.165, 1.54) is 18.1 Å². The molecule has 1 aliphatic rings. The van der Waals surface area contributed by atoms with Gasteiger partial charge in [-0.2, -0.15) is 0 Å². The molecule has 1 heterocycles. The van der Waals surface area contributed by atoms with E-state index < -0.39 is 12.0 Å². The van der Waals surface area contributed by atoms with Gasteiger partial charge in [0.1, 0.15) is 6.04 Å². The largest absolute Gasteiger partial charge is 0.493 e. The van der Waals surface area contributed by atoms with Crippen molar-refractivity contribution in [3.63, 3.8) is 0 Å². The molecule has 0 aromatic heterocycles. The van der Waals surface area contributed by atoms with Gasteiger partial charge in [0, 0.05) is 12.1 Å². The van der Waals surface area contributed by atoms with Crippen LogP contribution in [0.5, 0.6) is 11.5 Å². The highest BCUT2D eigenvalue weighted by atomic mass is 35.5. The first-order valence-corrected chi connectivity index (χ1v) is 8.27. The summed E-state index contributed by atoms with van der Waals surface area (Å²) in [6.45, 7) is 4.91. The Balaban J connectivity index is 2.29. The molecule has 1 aromatic carbocycles. The number of likely N-dealkylation sites (tertiary alicyclic amines) is 1. The average molecular weight is 356 g/mol.